The fraction of sp³-hybridized carbons (Fsp3) is 0.514. The van der Waals surface area contributed by atoms with E-state index in [1.165, 1.54) is 32.0 Å². The molecule has 0 aromatic heterocycles. The Kier molecular flexibility index (Phi) is 11.4. The lowest BCUT2D eigenvalue weighted by Crippen LogP contribution is -2.61. The first-order valence-electron chi connectivity index (χ1n) is 16.2. The summed E-state index contributed by atoms with van der Waals surface area (Å²) in [5.74, 6) is -8.89. The van der Waals surface area contributed by atoms with E-state index in [4.69, 9.17) is 0 Å². The van der Waals surface area contributed by atoms with Crippen LogP contribution >= 0.6 is 0 Å². The van der Waals surface area contributed by atoms with Crippen LogP contribution in [0.3, 0.4) is 0 Å². The zero-order valence-electron chi connectivity index (χ0n) is 27.2. The van der Waals surface area contributed by atoms with E-state index in [0.29, 0.717) is 41.8 Å². The molecule has 1 aliphatic carbocycles. The SMILES string of the molecule is CC(C)C[C@@H](C(=O)N[C@@H](C[C@@H]1CCNC1=O)C(=O)C(=O)NC1CC1)N(C(=O)O)C(C(C)C)C(F)(F)c1cccc(-c2ccccc2)c1. The average molecular weight is 655 g/mol. The summed E-state index contributed by atoms with van der Waals surface area (Å²) in [6.45, 7) is 6.74. The first kappa shape index (κ1) is 35.5. The molecule has 1 aliphatic heterocycles. The van der Waals surface area contributed by atoms with Gasteiger partial charge in [0, 0.05) is 24.1 Å². The lowest BCUT2D eigenvalue weighted by Gasteiger charge is -2.42. The van der Waals surface area contributed by atoms with Gasteiger partial charge in [0.15, 0.2) is 0 Å². The first-order chi connectivity index (χ1) is 22.2. The van der Waals surface area contributed by atoms with Gasteiger partial charge in [-0.1, -0.05) is 76.2 Å². The third-order valence-electron chi connectivity index (χ3n) is 8.66. The maximum Gasteiger partial charge on any atom is 0.408 e. The van der Waals surface area contributed by atoms with Gasteiger partial charge in [0.1, 0.15) is 12.1 Å². The number of hydrogen-bond donors (Lipinski definition) is 4. The van der Waals surface area contributed by atoms with E-state index >= 15 is 8.78 Å². The zero-order valence-corrected chi connectivity index (χ0v) is 27.2. The molecular formula is C35H44F2N4O6. The highest BCUT2D eigenvalue weighted by Crippen LogP contribution is 2.41. The Morgan fingerprint density at radius 2 is 1.64 bits per heavy atom. The predicted octanol–water partition coefficient (Wildman–Crippen LogP) is 4.72. The minimum atomic E-state index is -3.74. The number of Topliss-reactive ketones (excluding diaryl/α,β-unsaturated/α-hetero) is 1. The summed E-state index contributed by atoms with van der Waals surface area (Å²) in [6.07, 6.45) is -0.253. The van der Waals surface area contributed by atoms with Crippen LogP contribution in [0.25, 0.3) is 11.1 Å². The van der Waals surface area contributed by atoms with Crippen LogP contribution < -0.4 is 16.0 Å². The minimum absolute atomic E-state index is 0.138. The summed E-state index contributed by atoms with van der Waals surface area (Å²) in [5.41, 5.74) is 0.811. The number of amides is 4. The molecule has 4 rings (SSSR count). The second kappa shape index (κ2) is 15.0. The van der Waals surface area contributed by atoms with Gasteiger partial charge in [0.05, 0.1) is 6.04 Å². The van der Waals surface area contributed by atoms with Gasteiger partial charge in [0.2, 0.25) is 17.6 Å². The van der Waals surface area contributed by atoms with E-state index in [2.05, 4.69) is 16.0 Å². The first-order valence-corrected chi connectivity index (χ1v) is 16.2. The molecule has 0 bridgehead atoms. The second-order valence-corrected chi connectivity index (χ2v) is 13.3. The van der Waals surface area contributed by atoms with Crippen molar-refractivity contribution in [1.29, 1.82) is 0 Å². The van der Waals surface area contributed by atoms with Crippen molar-refractivity contribution in [2.24, 2.45) is 17.8 Å². The van der Waals surface area contributed by atoms with Gasteiger partial charge in [-0.2, -0.15) is 8.78 Å². The van der Waals surface area contributed by atoms with Gasteiger partial charge in [-0.25, -0.2) is 4.79 Å². The molecule has 2 aliphatic rings. The van der Waals surface area contributed by atoms with Crippen LogP contribution in [-0.4, -0.2) is 70.3 Å². The molecule has 1 saturated carbocycles. The molecule has 254 valence electrons. The van der Waals surface area contributed by atoms with Crippen LogP contribution in [-0.2, 0) is 25.1 Å². The molecule has 4 atom stereocenters. The highest BCUT2D eigenvalue weighted by molar-refractivity contribution is 6.38. The maximum absolute atomic E-state index is 16.7. The van der Waals surface area contributed by atoms with Crippen LogP contribution in [0, 0.1) is 17.8 Å². The van der Waals surface area contributed by atoms with Crippen molar-refractivity contribution in [1.82, 2.24) is 20.9 Å². The standard InChI is InChI=1S/C35H44F2N4O6/c1-20(2)17-28(32(44)40-27(19-24-15-16-38-31(24)43)29(42)33(45)39-26-13-14-26)41(34(46)47)30(21(3)4)35(36,37)25-12-8-11-23(18-25)22-9-6-5-7-10-22/h5-12,18,20-21,24,26-28,30H,13-17,19H2,1-4H3,(H,38,43)(H,39,45)(H,40,44)(H,46,47)/t24-,27-,28-,30?/m0/s1. The molecule has 12 heteroatoms. The van der Waals surface area contributed by atoms with E-state index in [1.54, 1.807) is 44.2 Å². The smallest absolute Gasteiger partial charge is 0.408 e. The van der Waals surface area contributed by atoms with Gasteiger partial charge < -0.3 is 21.1 Å². The monoisotopic (exact) mass is 654 g/mol. The second-order valence-electron chi connectivity index (χ2n) is 13.3. The number of alkyl halides is 2. The number of ketones is 1. The van der Waals surface area contributed by atoms with Crippen LogP contribution in [0.4, 0.5) is 13.6 Å². The summed E-state index contributed by atoms with van der Waals surface area (Å²) in [4.78, 5) is 65.9. The van der Waals surface area contributed by atoms with E-state index < -0.39 is 65.1 Å². The molecule has 47 heavy (non-hydrogen) atoms. The average Bonchev–Trinajstić information content (AvgIpc) is 3.75. The summed E-state index contributed by atoms with van der Waals surface area (Å²) in [6, 6.07) is 9.43. The Hall–Kier alpha value is -4.35. The molecule has 4 N–H and O–H groups in total. The number of halogens is 2. The fourth-order valence-corrected chi connectivity index (χ4v) is 6.16. The number of nitrogens with one attached hydrogen (secondary N) is 3. The topological polar surface area (TPSA) is 145 Å². The number of rotatable bonds is 15. The van der Waals surface area contributed by atoms with Crippen LogP contribution in [0.1, 0.15) is 65.4 Å². The predicted molar refractivity (Wildman–Crippen MR) is 171 cm³/mol. The van der Waals surface area contributed by atoms with Crippen molar-refractivity contribution in [3.05, 3.63) is 60.2 Å². The number of carbonyl (C=O) groups is 5. The zero-order chi connectivity index (χ0) is 34.5. The van der Waals surface area contributed by atoms with Crippen molar-refractivity contribution < 1.29 is 37.9 Å². The van der Waals surface area contributed by atoms with E-state index in [0.717, 1.165) is 0 Å². The molecular weight excluding hydrogens is 610 g/mol. The van der Waals surface area contributed by atoms with Crippen molar-refractivity contribution in [2.45, 2.75) is 89.9 Å². The fourth-order valence-electron chi connectivity index (χ4n) is 6.16. The van der Waals surface area contributed by atoms with Crippen molar-refractivity contribution in [3.63, 3.8) is 0 Å². The van der Waals surface area contributed by atoms with Gasteiger partial charge in [-0.05, 0) is 61.1 Å². The lowest BCUT2D eigenvalue weighted by molar-refractivity contribution is -0.143. The molecule has 2 aromatic rings. The van der Waals surface area contributed by atoms with Gasteiger partial charge >= 0.3 is 6.09 Å². The Morgan fingerprint density at radius 1 is 0.979 bits per heavy atom. The Labute approximate surface area is 273 Å². The lowest BCUT2D eigenvalue weighted by atomic mass is 9.87. The number of benzene rings is 2. The van der Waals surface area contributed by atoms with Crippen molar-refractivity contribution in [2.75, 3.05) is 6.54 Å². The molecule has 2 fully saturated rings. The molecule has 1 saturated heterocycles. The maximum atomic E-state index is 16.7. The highest BCUT2D eigenvalue weighted by atomic mass is 19.3. The molecule has 4 amide bonds. The van der Waals surface area contributed by atoms with Crippen molar-refractivity contribution in [3.8, 4) is 11.1 Å². The van der Waals surface area contributed by atoms with Crippen LogP contribution in [0.15, 0.2) is 54.6 Å². The molecule has 2 aromatic carbocycles. The van der Waals surface area contributed by atoms with Crippen molar-refractivity contribution >= 4 is 29.6 Å². The van der Waals surface area contributed by atoms with Gasteiger partial charge in [-0.3, -0.25) is 24.1 Å². The molecule has 1 heterocycles. The van der Waals surface area contributed by atoms with E-state index in [1.807, 2.05) is 6.07 Å². The quantitative estimate of drug-likeness (QED) is 0.205. The number of nitrogens with zero attached hydrogens (tertiary/aromatic N) is 1. The summed E-state index contributed by atoms with van der Waals surface area (Å²) in [5, 5.41) is 18.3. The summed E-state index contributed by atoms with van der Waals surface area (Å²) >= 11 is 0. The number of hydrogen-bond acceptors (Lipinski definition) is 5. The third-order valence-corrected chi connectivity index (χ3v) is 8.66. The minimum Gasteiger partial charge on any atom is -0.465 e. The normalized spacial score (nSPS) is 18.3. The number of carboxylic acid groups (broad SMARTS) is 1. The van der Waals surface area contributed by atoms with Gasteiger partial charge in [0.25, 0.3) is 11.8 Å². The van der Waals surface area contributed by atoms with Crippen LogP contribution in [0.2, 0.25) is 0 Å². The van der Waals surface area contributed by atoms with Crippen LogP contribution in [0.5, 0.6) is 0 Å². The Balaban J connectivity index is 1.69. The number of carbonyl (C=O) groups excluding carboxylic acids is 4. The van der Waals surface area contributed by atoms with E-state index in [9.17, 15) is 29.1 Å². The largest absolute Gasteiger partial charge is 0.465 e. The molecule has 10 nitrogen and oxygen atoms in total. The molecule has 0 spiro atoms. The third kappa shape index (κ3) is 8.72. The van der Waals surface area contributed by atoms with E-state index in [-0.39, 0.29) is 30.7 Å². The highest BCUT2D eigenvalue weighted by Gasteiger charge is 2.52. The molecule has 1 unspecified atom stereocenters. The summed E-state index contributed by atoms with van der Waals surface area (Å²) in [7, 11) is 0. The summed E-state index contributed by atoms with van der Waals surface area (Å²) < 4.78 is 33.4. The molecule has 0 radical (unpaired) electrons. The Bertz CT molecular complexity index is 1460. The Morgan fingerprint density at radius 3 is 2.19 bits per heavy atom. The van der Waals surface area contributed by atoms with Gasteiger partial charge in [-0.15, -0.1) is 0 Å².